The molecule has 1 aromatic rings. The van der Waals surface area contributed by atoms with Gasteiger partial charge in [0.2, 0.25) is 5.91 Å². The van der Waals surface area contributed by atoms with Gasteiger partial charge in [0.05, 0.1) is 6.61 Å². The Morgan fingerprint density at radius 3 is 2.88 bits per heavy atom. The van der Waals surface area contributed by atoms with E-state index in [0.717, 1.165) is 5.56 Å². The molecule has 0 heterocycles. The molecular formula is C12H17FN2O2. The third-order valence-electron chi connectivity index (χ3n) is 2.32. The molecule has 5 heteroatoms. The van der Waals surface area contributed by atoms with Crippen LogP contribution in [0.5, 0.6) is 5.75 Å². The van der Waals surface area contributed by atoms with Crippen LogP contribution in [0.3, 0.4) is 0 Å². The van der Waals surface area contributed by atoms with Crippen molar-refractivity contribution in [3.63, 3.8) is 0 Å². The average molecular weight is 240 g/mol. The minimum absolute atomic E-state index is 0.0486. The van der Waals surface area contributed by atoms with Crippen LogP contribution in [-0.4, -0.2) is 19.6 Å². The molecule has 1 rings (SSSR count). The number of nitrogens with two attached hydrogens (primary N) is 1. The van der Waals surface area contributed by atoms with E-state index >= 15 is 0 Å². The Labute approximate surface area is 100.0 Å². The van der Waals surface area contributed by atoms with Crippen molar-refractivity contribution in [2.45, 2.75) is 19.4 Å². The molecule has 0 atom stereocenters. The molecule has 0 spiro atoms. The van der Waals surface area contributed by atoms with Crippen molar-refractivity contribution in [1.29, 1.82) is 0 Å². The lowest BCUT2D eigenvalue weighted by atomic mass is 10.2. The number of nitrogens with one attached hydrogen (secondary N) is 1. The van der Waals surface area contributed by atoms with Crippen LogP contribution >= 0.6 is 0 Å². The van der Waals surface area contributed by atoms with Gasteiger partial charge in [-0.15, -0.1) is 0 Å². The fraction of sp³-hybridized carbons (Fsp3) is 0.417. The summed E-state index contributed by atoms with van der Waals surface area (Å²) in [4.78, 5) is 10.9. The van der Waals surface area contributed by atoms with Crippen LogP contribution in [0, 0.1) is 5.82 Å². The van der Waals surface area contributed by atoms with Crippen LogP contribution < -0.4 is 15.8 Å². The third-order valence-corrected chi connectivity index (χ3v) is 2.32. The molecule has 0 saturated carbocycles. The number of benzene rings is 1. The molecule has 0 aliphatic rings. The van der Waals surface area contributed by atoms with Gasteiger partial charge in [0.15, 0.2) is 11.6 Å². The molecule has 1 amide bonds. The molecule has 0 radical (unpaired) electrons. The maximum absolute atomic E-state index is 13.4. The Morgan fingerprint density at radius 1 is 1.53 bits per heavy atom. The second-order valence-corrected chi connectivity index (χ2v) is 3.59. The summed E-state index contributed by atoms with van der Waals surface area (Å²) in [6, 6.07) is 4.63. The highest BCUT2D eigenvalue weighted by Gasteiger charge is 2.04. The van der Waals surface area contributed by atoms with Crippen LogP contribution in [0.1, 0.15) is 18.4 Å². The van der Waals surface area contributed by atoms with Crippen LogP contribution in [0.25, 0.3) is 0 Å². The SMILES string of the molecule is CNC(=O)CCCOc1ccc(CN)cc1F. The Morgan fingerprint density at radius 2 is 2.29 bits per heavy atom. The number of rotatable bonds is 6. The molecular weight excluding hydrogens is 223 g/mol. The lowest BCUT2D eigenvalue weighted by Crippen LogP contribution is -2.18. The van der Waals surface area contributed by atoms with Crippen LogP contribution in [-0.2, 0) is 11.3 Å². The number of amides is 1. The van der Waals surface area contributed by atoms with Crippen LogP contribution in [0.2, 0.25) is 0 Å². The van der Waals surface area contributed by atoms with E-state index in [9.17, 15) is 9.18 Å². The van der Waals surface area contributed by atoms with Gasteiger partial charge in [-0.3, -0.25) is 4.79 Å². The van der Waals surface area contributed by atoms with E-state index in [1.807, 2.05) is 0 Å². The number of carbonyl (C=O) groups is 1. The topological polar surface area (TPSA) is 64.3 Å². The number of hydrogen-bond donors (Lipinski definition) is 2. The molecule has 0 unspecified atom stereocenters. The fourth-order valence-corrected chi connectivity index (χ4v) is 1.33. The van der Waals surface area contributed by atoms with E-state index in [-0.39, 0.29) is 11.7 Å². The highest BCUT2D eigenvalue weighted by molar-refractivity contribution is 5.75. The number of ether oxygens (including phenoxy) is 1. The third kappa shape index (κ3) is 4.40. The second-order valence-electron chi connectivity index (χ2n) is 3.59. The van der Waals surface area contributed by atoms with Gasteiger partial charge >= 0.3 is 0 Å². The number of hydrogen-bond acceptors (Lipinski definition) is 3. The fourth-order valence-electron chi connectivity index (χ4n) is 1.33. The van der Waals surface area contributed by atoms with E-state index in [2.05, 4.69) is 5.32 Å². The summed E-state index contributed by atoms with van der Waals surface area (Å²) in [5.41, 5.74) is 6.11. The molecule has 0 aliphatic heterocycles. The van der Waals surface area contributed by atoms with Crippen molar-refractivity contribution in [2.24, 2.45) is 5.73 Å². The summed E-state index contributed by atoms with van der Waals surface area (Å²) in [6.45, 7) is 0.611. The van der Waals surface area contributed by atoms with Gasteiger partial charge in [0.25, 0.3) is 0 Å². The van der Waals surface area contributed by atoms with Crippen molar-refractivity contribution in [2.75, 3.05) is 13.7 Å². The summed E-state index contributed by atoms with van der Waals surface area (Å²) in [6.07, 6.45) is 0.927. The standard InChI is InChI=1S/C12H17FN2O2/c1-15-12(16)3-2-6-17-11-5-4-9(8-14)7-10(11)13/h4-5,7H,2-3,6,8,14H2,1H3,(H,15,16). The normalized spacial score (nSPS) is 10.1. The molecule has 0 saturated heterocycles. The lowest BCUT2D eigenvalue weighted by molar-refractivity contribution is -0.120. The largest absolute Gasteiger partial charge is 0.491 e. The summed E-state index contributed by atoms with van der Waals surface area (Å²) < 4.78 is 18.7. The zero-order valence-corrected chi connectivity index (χ0v) is 9.83. The van der Waals surface area contributed by atoms with Gasteiger partial charge < -0.3 is 15.8 Å². The van der Waals surface area contributed by atoms with Gasteiger partial charge in [-0.1, -0.05) is 6.07 Å². The second kappa shape index (κ2) is 6.85. The average Bonchev–Trinajstić information content (AvgIpc) is 2.35. The summed E-state index contributed by atoms with van der Waals surface area (Å²) >= 11 is 0. The molecule has 1 aromatic carbocycles. The van der Waals surface area contributed by atoms with Gasteiger partial charge in [-0.05, 0) is 24.1 Å². The summed E-state index contributed by atoms with van der Waals surface area (Å²) in [5.74, 6) is -0.278. The molecule has 4 nitrogen and oxygen atoms in total. The highest BCUT2D eigenvalue weighted by atomic mass is 19.1. The zero-order chi connectivity index (χ0) is 12.7. The highest BCUT2D eigenvalue weighted by Crippen LogP contribution is 2.18. The monoisotopic (exact) mass is 240 g/mol. The van der Waals surface area contributed by atoms with Crippen molar-refractivity contribution in [3.8, 4) is 5.75 Å². The van der Waals surface area contributed by atoms with E-state index in [1.165, 1.54) is 6.07 Å². The van der Waals surface area contributed by atoms with Crippen molar-refractivity contribution < 1.29 is 13.9 Å². The molecule has 94 valence electrons. The number of halogens is 1. The van der Waals surface area contributed by atoms with E-state index in [1.54, 1.807) is 19.2 Å². The minimum atomic E-state index is -0.423. The van der Waals surface area contributed by atoms with Crippen molar-refractivity contribution in [3.05, 3.63) is 29.6 Å². The molecule has 0 aromatic heterocycles. The van der Waals surface area contributed by atoms with E-state index < -0.39 is 5.82 Å². The lowest BCUT2D eigenvalue weighted by Gasteiger charge is -2.07. The molecule has 0 bridgehead atoms. The Balaban J connectivity index is 2.39. The Hall–Kier alpha value is -1.62. The maximum Gasteiger partial charge on any atom is 0.219 e. The van der Waals surface area contributed by atoms with Gasteiger partial charge in [0, 0.05) is 20.0 Å². The van der Waals surface area contributed by atoms with Crippen molar-refractivity contribution in [1.82, 2.24) is 5.32 Å². The Bertz CT molecular complexity index is 383. The molecule has 0 aliphatic carbocycles. The predicted molar refractivity (Wildman–Crippen MR) is 63.1 cm³/mol. The molecule has 0 fully saturated rings. The molecule has 17 heavy (non-hydrogen) atoms. The first-order valence-corrected chi connectivity index (χ1v) is 5.49. The van der Waals surface area contributed by atoms with Crippen molar-refractivity contribution >= 4 is 5.91 Å². The predicted octanol–water partition coefficient (Wildman–Crippen LogP) is 1.19. The smallest absolute Gasteiger partial charge is 0.219 e. The number of carbonyl (C=O) groups excluding carboxylic acids is 1. The van der Waals surface area contributed by atoms with Gasteiger partial charge in [0.1, 0.15) is 0 Å². The Kier molecular flexibility index (Phi) is 5.42. The minimum Gasteiger partial charge on any atom is -0.491 e. The van der Waals surface area contributed by atoms with Crippen LogP contribution in [0.15, 0.2) is 18.2 Å². The van der Waals surface area contributed by atoms with Gasteiger partial charge in [-0.25, -0.2) is 4.39 Å². The first-order chi connectivity index (χ1) is 8.17. The first kappa shape index (κ1) is 13.4. The van der Waals surface area contributed by atoms with Crippen LogP contribution in [0.4, 0.5) is 4.39 Å². The summed E-state index contributed by atoms with van der Waals surface area (Å²) in [5, 5.41) is 2.51. The maximum atomic E-state index is 13.4. The first-order valence-electron chi connectivity index (χ1n) is 5.49. The van der Waals surface area contributed by atoms with Gasteiger partial charge in [-0.2, -0.15) is 0 Å². The molecule has 3 N–H and O–H groups in total. The summed E-state index contributed by atoms with van der Waals surface area (Å²) in [7, 11) is 1.58. The van der Waals surface area contributed by atoms with E-state index in [0.29, 0.717) is 26.0 Å². The quantitative estimate of drug-likeness (QED) is 0.734. The zero-order valence-electron chi connectivity index (χ0n) is 9.83. The van der Waals surface area contributed by atoms with E-state index in [4.69, 9.17) is 10.5 Å².